The molecule has 1 atom stereocenters. The van der Waals surface area contributed by atoms with E-state index in [-0.39, 0.29) is 10.6 Å². The zero-order chi connectivity index (χ0) is 21.1. The van der Waals surface area contributed by atoms with E-state index >= 15 is 0 Å². The summed E-state index contributed by atoms with van der Waals surface area (Å²) < 4.78 is 29.5. The van der Waals surface area contributed by atoms with E-state index in [0.717, 1.165) is 12.1 Å². The van der Waals surface area contributed by atoms with Gasteiger partial charge in [0.1, 0.15) is 10.6 Å². The van der Waals surface area contributed by atoms with E-state index in [9.17, 15) is 13.5 Å². The standard InChI is InChI=1S/C17H21NO4S.C6H6/c1-3-18-12-17(19)14-6-8-15(9-7-14)22-23(20,21)16-10-4-13(2)5-11-16;1-2-4-6-5-3-1/h4-11,17-19H,3,12H2,1-2H3;1-6H/t17-;/m0./s1. The van der Waals surface area contributed by atoms with E-state index in [0.29, 0.717) is 12.1 Å². The van der Waals surface area contributed by atoms with E-state index in [2.05, 4.69) is 5.32 Å². The fraction of sp³-hybridized carbons (Fsp3) is 0.217. The van der Waals surface area contributed by atoms with Gasteiger partial charge < -0.3 is 14.6 Å². The lowest BCUT2D eigenvalue weighted by Gasteiger charge is -2.12. The average Bonchev–Trinajstić information content (AvgIpc) is 2.74. The lowest BCUT2D eigenvalue weighted by molar-refractivity contribution is 0.175. The van der Waals surface area contributed by atoms with Crippen molar-refractivity contribution < 1.29 is 17.7 Å². The van der Waals surface area contributed by atoms with Crippen LogP contribution >= 0.6 is 0 Å². The molecule has 0 unspecified atom stereocenters. The minimum absolute atomic E-state index is 0.111. The number of benzene rings is 3. The molecule has 2 N–H and O–H groups in total. The molecule has 0 fully saturated rings. The summed E-state index contributed by atoms with van der Waals surface area (Å²) in [5, 5.41) is 13.0. The van der Waals surface area contributed by atoms with E-state index < -0.39 is 16.2 Å². The van der Waals surface area contributed by atoms with Crippen LogP contribution in [-0.2, 0) is 10.1 Å². The van der Waals surface area contributed by atoms with Gasteiger partial charge in [-0.15, -0.1) is 0 Å². The fourth-order valence-electron chi connectivity index (χ4n) is 2.41. The van der Waals surface area contributed by atoms with Crippen LogP contribution in [0.25, 0.3) is 0 Å². The molecule has 6 heteroatoms. The maximum atomic E-state index is 12.2. The Morgan fingerprint density at radius 2 is 1.41 bits per heavy atom. The van der Waals surface area contributed by atoms with Gasteiger partial charge in [0.25, 0.3) is 0 Å². The number of rotatable bonds is 7. The van der Waals surface area contributed by atoms with Gasteiger partial charge in [-0.05, 0) is 43.3 Å². The minimum atomic E-state index is -3.85. The van der Waals surface area contributed by atoms with Crippen molar-refractivity contribution in [1.82, 2.24) is 5.32 Å². The molecule has 0 aliphatic heterocycles. The van der Waals surface area contributed by atoms with Crippen LogP contribution in [0.15, 0.2) is 89.8 Å². The molecule has 0 radical (unpaired) electrons. The molecule has 3 aromatic rings. The molecule has 0 aliphatic rings. The topological polar surface area (TPSA) is 75.6 Å². The first-order chi connectivity index (χ1) is 13.9. The zero-order valence-corrected chi connectivity index (χ0v) is 17.5. The Hall–Kier alpha value is -2.67. The largest absolute Gasteiger partial charge is 0.387 e. The molecule has 29 heavy (non-hydrogen) atoms. The first kappa shape index (κ1) is 22.6. The van der Waals surface area contributed by atoms with Crippen LogP contribution in [-0.4, -0.2) is 26.6 Å². The summed E-state index contributed by atoms with van der Waals surface area (Å²) >= 11 is 0. The third-order valence-electron chi connectivity index (χ3n) is 4.03. The number of aliphatic hydroxyl groups excluding tert-OH is 1. The summed E-state index contributed by atoms with van der Waals surface area (Å²) in [6.07, 6.45) is -0.641. The van der Waals surface area contributed by atoms with Crippen LogP contribution in [0.5, 0.6) is 5.75 Å². The predicted octanol–water partition coefficient (Wildman–Crippen LogP) is 4.09. The molecule has 0 amide bonds. The molecule has 0 saturated carbocycles. The smallest absolute Gasteiger partial charge is 0.339 e. The van der Waals surface area contributed by atoms with Gasteiger partial charge in [0.15, 0.2) is 0 Å². The van der Waals surface area contributed by atoms with Crippen LogP contribution in [0, 0.1) is 6.92 Å². The summed E-state index contributed by atoms with van der Waals surface area (Å²) in [5.41, 5.74) is 1.68. The van der Waals surface area contributed by atoms with Gasteiger partial charge in [-0.3, -0.25) is 0 Å². The summed E-state index contributed by atoms with van der Waals surface area (Å²) in [7, 11) is -3.85. The Morgan fingerprint density at radius 3 is 1.90 bits per heavy atom. The molecule has 0 aromatic heterocycles. The van der Waals surface area contributed by atoms with Crippen molar-refractivity contribution in [2.45, 2.75) is 24.8 Å². The van der Waals surface area contributed by atoms with Crippen molar-refractivity contribution >= 4 is 10.1 Å². The molecular formula is C23H27NO4S. The summed E-state index contributed by atoms with van der Waals surface area (Å²) in [6.45, 7) is 5.06. The van der Waals surface area contributed by atoms with E-state index in [1.165, 1.54) is 24.3 Å². The number of aliphatic hydroxyl groups is 1. The number of likely N-dealkylation sites (N-methyl/N-ethyl adjacent to an activating group) is 1. The second kappa shape index (κ2) is 11.4. The molecule has 0 heterocycles. The van der Waals surface area contributed by atoms with Crippen LogP contribution in [0.2, 0.25) is 0 Å². The Balaban J connectivity index is 0.000000426. The van der Waals surface area contributed by atoms with Gasteiger partial charge in [0.05, 0.1) is 6.10 Å². The number of aryl methyl sites for hydroxylation is 1. The number of nitrogens with one attached hydrogen (secondary N) is 1. The van der Waals surface area contributed by atoms with E-state index in [1.54, 1.807) is 24.3 Å². The third-order valence-corrected chi connectivity index (χ3v) is 5.30. The first-order valence-electron chi connectivity index (χ1n) is 9.42. The van der Waals surface area contributed by atoms with E-state index in [1.807, 2.05) is 50.2 Å². The lowest BCUT2D eigenvalue weighted by atomic mass is 10.1. The second-order valence-electron chi connectivity index (χ2n) is 6.40. The molecule has 0 spiro atoms. The molecule has 0 bridgehead atoms. The van der Waals surface area contributed by atoms with Gasteiger partial charge in [0, 0.05) is 6.54 Å². The molecule has 3 aromatic carbocycles. The van der Waals surface area contributed by atoms with Crippen LogP contribution in [0.1, 0.15) is 24.2 Å². The molecule has 0 saturated heterocycles. The average molecular weight is 414 g/mol. The van der Waals surface area contributed by atoms with Crippen molar-refractivity contribution in [3.8, 4) is 5.75 Å². The highest BCUT2D eigenvalue weighted by atomic mass is 32.2. The highest BCUT2D eigenvalue weighted by Crippen LogP contribution is 2.21. The van der Waals surface area contributed by atoms with Gasteiger partial charge in [-0.1, -0.05) is 73.2 Å². The molecule has 154 valence electrons. The van der Waals surface area contributed by atoms with Gasteiger partial charge in [-0.25, -0.2) is 0 Å². The second-order valence-corrected chi connectivity index (χ2v) is 7.94. The van der Waals surface area contributed by atoms with Crippen molar-refractivity contribution in [1.29, 1.82) is 0 Å². The van der Waals surface area contributed by atoms with Crippen molar-refractivity contribution in [3.05, 3.63) is 96.1 Å². The van der Waals surface area contributed by atoms with E-state index in [4.69, 9.17) is 4.18 Å². The number of hydrogen-bond donors (Lipinski definition) is 2. The SMILES string of the molecule is CCNC[C@H](O)c1ccc(OS(=O)(=O)c2ccc(C)cc2)cc1.c1ccccc1. The predicted molar refractivity (Wildman–Crippen MR) is 115 cm³/mol. The lowest BCUT2D eigenvalue weighted by Crippen LogP contribution is -2.20. The Kier molecular flexibility index (Phi) is 8.86. The molecule has 5 nitrogen and oxygen atoms in total. The summed E-state index contributed by atoms with van der Waals surface area (Å²) in [6, 6.07) is 24.8. The zero-order valence-electron chi connectivity index (χ0n) is 16.7. The maximum Gasteiger partial charge on any atom is 0.339 e. The van der Waals surface area contributed by atoms with Crippen molar-refractivity contribution in [2.75, 3.05) is 13.1 Å². The Morgan fingerprint density at radius 1 is 0.897 bits per heavy atom. The van der Waals surface area contributed by atoms with Crippen molar-refractivity contribution in [3.63, 3.8) is 0 Å². The normalized spacial score (nSPS) is 11.8. The van der Waals surface area contributed by atoms with Gasteiger partial charge >= 0.3 is 10.1 Å². The first-order valence-corrected chi connectivity index (χ1v) is 10.8. The third kappa shape index (κ3) is 7.69. The molecule has 0 aliphatic carbocycles. The maximum absolute atomic E-state index is 12.2. The quantitative estimate of drug-likeness (QED) is 0.571. The van der Waals surface area contributed by atoms with Crippen molar-refractivity contribution in [2.24, 2.45) is 0 Å². The molecule has 3 rings (SSSR count). The van der Waals surface area contributed by atoms with Crippen LogP contribution < -0.4 is 9.50 Å². The summed E-state index contributed by atoms with van der Waals surface area (Å²) in [5.74, 6) is 0.213. The van der Waals surface area contributed by atoms with Gasteiger partial charge in [-0.2, -0.15) is 8.42 Å². The minimum Gasteiger partial charge on any atom is -0.387 e. The van der Waals surface area contributed by atoms with Crippen LogP contribution in [0.3, 0.4) is 0 Å². The highest BCUT2D eigenvalue weighted by molar-refractivity contribution is 7.87. The van der Waals surface area contributed by atoms with Crippen LogP contribution in [0.4, 0.5) is 0 Å². The Bertz CT molecular complexity index is 914. The fourth-order valence-corrected chi connectivity index (χ4v) is 3.34. The highest BCUT2D eigenvalue weighted by Gasteiger charge is 2.16. The molecular weight excluding hydrogens is 386 g/mol. The van der Waals surface area contributed by atoms with Gasteiger partial charge in [0.2, 0.25) is 0 Å². The number of hydrogen-bond acceptors (Lipinski definition) is 5. The Labute approximate surface area is 173 Å². The monoisotopic (exact) mass is 413 g/mol. The summed E-state index contributed by atoms with van der Waals surface area (Å²) in [4.78, 5) is 0.111.